The minimum Gasteiger partial charge on any atom is -0.383 e. The Balaban J connectivity index is 2.26. The largest absolute Gasteiger partial charge is 0.383 e. The fourth-order valence-electron chi connectivity index (χ4n) is 2.23. The van der Waals surface area contributed by atoms with Gasteiger partial charge in [0.25, 0.3) is 0 Å². The van der Waals surface area contributed by atoms with Crippen molar-refractivity contribution in [2.24, 2.45) is 7.05 Å². The van der Waals surface area contributed by atoms with Crippen LogP contribution < -0.4 is 5.73 Å². The van der Waals surface area contributed by atoms with Gasteiger partial charge < -0.3 is 5.73 Å². The number of nitrogen functional groups attached to an aromatic ring is 1. The molecule has 21 heavy (non-hydrogen) atoms. The Morgan fingerprint density at radius 1 is 1.14 bits per heavy atom. The van der Waals surface area contributed by atoms with Crippen LogP contribution in [-0.2, 0) is 7.05 Å². The predicted molar refractivity (Wildman–Crippen MR) is 89.0 cm³/mol. The molecule has 3 aromatic rings. The van der Waals surface area contributed by atoms with Gasteiger partial charge in [0.2, 0.25) is 0 Å². The first-order chi connectivity index (χ1) is 10.1. The van der Waals surface area contributed by atoms with Gasteiger partial charge in [-0.25, -0.2) is 0 Å². The van der Waals surface area contributed by atoms with E-state index in [0.717, 1.165) is 26.9 Å². The van der Waals surface area contributed by atoms with Gasteiger partial charge in [0.1, 0.15) is 11.5 Å². The average Bonchev–Trinajstić information content (AvgIpc) is 2.75. The van der Waals surface area contributed by atoms with E-state index in [-0.39, 0.29) is 0 Å². The molecule has 0 radical (unpaired) electrons. The molecule has 0 atom stereocenters. The van der Waals surface area contributed by atoms with Gasteiger partial charge in [-0.05, 0) is 35.9 Å². The second-order valence-electron chi connectivity index (χ2n) is 4.63. The van der Waals surface area contributed by atoms with Crippen molar-refractivity contribution in [1.29, 1.82) is 0 Å². The monoisotopic (exact) mass is 362 g/mol. The van der Waals surface area contributed by atoms with Gasteiger partial charge in [-0.3, -0.25) is 9.67 Å². The van der Waals surface area contributed by atoms with E-state index < -0.39 is 0 Å². The highest BCUT2D eigenvalue weighted by Crippen LogP contribution is 2.37. The third-order valence-corrected chi connectivity index (χ3v) is 3.87. The summed E-state index contributed by atoms with van der Waals surface area (Å²) in [6.45, 7) is 0. The number of hydrogen-bond donors (Lipinski definition) is 1. The van der Waals surface area contributed by atoms with Crippen LogP contribution in [0.25, 0.3) is 22.4 Å². The molecule has 0 unspecified atom stereocenters. The SMILES string of the molecule is Cn1nc(-c2cc(Cl)cc(Br)c2)c(-c2ccncc2)c1N. The van der Waals surface area contributed by atoms with Crippen LogP contribution in [0, 0.1) is 0 Å². The van der Waals surface area contributed by atoms with Crippen molar-refractivity contribution in [1.82, 2.24) is 14.8 Å². The highest BCUT2D eigenvalue weighted by molar-refractivity contribution is 9.10. The third-order valence-electron chi connectivity index (χ3n) is 3.20. The summed E-state index contributed by atoms with van der Waals surface area (Å²) < 4.78 is 2.56. The maximum absolute atomic E-state index is 6.18. The van der Waals surface area contributed by atoms with Crippen LogP contribution >= 0.6 is 27.5 Å². The van der Waals surface area contributed by atoms with Crippen molar-refractivity contribution in [3.8, 4) is 22.4 Å². The zero-order valence-electron chi connectivity index (χ0n) is 11.2. The number of aromatic nitrogens is 3. The van der Waals surface area contributed by atoms with Gasteiger partial charge in [-0.15, -0.1) is 0 Å². The van der Waals surface area contributed by atoms with Crippen LogP contribution in [0.5, 0.6) is 0 Å². The Morgan fingerprint density at radius 2 is 1.86 bits per heavy atom. The van der Waals surface area contributed by atoms with Crippen molar-refractivity contribution in [3.63, 3.8) is 0 Å². The fraction of sp³-hybridized carbons (Fsp3) is 0.0667. The fourth-order valence-corrected chi connectivity index (χ4v) is 3.09. The standard InChI is InChI=1S/C15H12BrClN4/c1-21-15(18)13(9-2-4-19-5-3-9)14(20-21)10-6-11(16)8-12(17)7-10/h2-8H,18H2,1H3. The lowest BCUT2D eigenvalue weighted by Gasteiger charge is -2.05. The number of nitrogens with zero attached hydrogens (tertiary/aromatic N) is 3. The molecule has 0 aliphatic heterocycles. The van der Waals surface area contributed by atoms with E-state index in [0.29, 0.717) is 10.8 Å². The minimum absolute atomic E-state index is 0.604. The molecule has 0 aliphatic rings. The van der Waals surface area contributed by atoms with Gasteiger partial charge in [0.05, 0.1) is 5.56 Å². The maximum atomic E-state index is 6.18. The van der Waals surface area contributed by atoms with Gasteiger partial charge >= 0.3 is 0 Å². The maximum Gasteiger partial charge on any atom is 0.129 e. The Hall–Kier alpha value is -1.85. The Morgan fingerprint density at radius 3 is 2.52 bits per heavy atom. The highest BCUT2D eigenvalue weighted by Gasteiger charge is 2.17. The molecule has 2 heterocycles. The lowest BCUT2D eigenvalue weighted by atomic mass is 10.0. The van der Waals surface area contributed by atoms with Crippen LogP contribution in [0.2, 0.25) is 5.02 Å². The molecule has 0 saturated carbocycles. The molecule has 0 aliphatic carbocycles. The first-order valence-corrected chi connectivity index (χ1v) is 7.42. The van der Waals surface area contributed by atoms with Crippen LogP contribution in [0.15, 0.2) is 47.2 Å². The Bertz CT molecular complexity index is 779. The molecule has 4 nitrogen and oxygen atoms in total. The van der Waals surface area contributed by atoms with Gasteiger partial charge in [-0.1, -0.05) is 27.5 Å². The highest BCUT2D eigenvalue weighted by atomic mass is 79.9. The van der Waals surface area contributed by atoms with E-state index in [1.807, 2.05) is 37.4 Å². The third kappa shape index (κ3) is 2.66. The summed E-state index contributed by atoms with van der Waals surface area (Å²) in [7, 11) is 1.82. The number of nitrogens with two attached hydrogens (primary N) is 1. The summed E-state index contributed by atoms with van der Waals surface area (Å²) in [6, 6.07) is 9.51. The molecule has 3 rings (SSSR count). The molecule has 0 amide bonds. The van der Waals surface area contributed by atoms with Crippen molar-refractivity contribution in [2.75, 3.05) is 5.73 Å². The topological polar surface area (TPSA) is 56.7 Å². The molecule has 106 valence electrons. The van der Waals surface area contributed by atoms with Crippen LogP contribution in [0.1, 0.15) is 0 Å². The van der Waals surface area contributed by atoms with E-state index in [9.17, 15) is 0 Å². The molecule has 0 saturated heterocycles. The first kappa shape index (κ1) is 14.1. The van der Waals surface area contributed by atoms with Crippen molar-refractivity contribution < 1.29 is 0 Å². The van der Waals surface area contributed by atoms with Crippen molar-refractivity contribution >= 4 is 33.3 Å². The number of benzene rings is 1. The lowest BCUT2D eigenvalue weighted by Crippen LogP contribution is -1.97. The number of pyridine rings is 1. The smallest absolute Gasteiger partial charge is 0.129 e. The molecular formula is C15H12BrClN4. The summed E-state index contributed by atoms with van der Waals surface area (Å²) >= 11 is 9.60. The zero-order valence-corrected chi connectivity index (χ0v) is 13.6. The summed E-state index contributed by atoms with van der Waals surface area (Å²) in [6.07, 6.45) is 3.47. The normalized spacial score (nSPS) is 10.8. The van der Waals surface area contributed by atoms with Gasteiger partial charge in [-0.2, -0.15) is 5.10 Å². The van der Waals surface area contributed by atoms with Gasteiger partial charge in [0, 0.05) is 34.5 Å². The molecule has 0 fully saturated rings. The second kappa shape index (κ2) is 5.50. The second-order valence-corrected chi connectivity index (χ2v) is 5.98. The van der Waals surface area contributed by atoms with E-state index >= 15 is 0 Å². The predicted octanol–water partition coefficient (Wildman–Crippen LogP) is 4.15. The van der Waals surface area contributed by atoms with E-state index in [4.69, 9.17) is 17.3 Å². The van der Waals surface area contributed by atoms with E-state index in [1.165, 1.54) is 0 Å². The number of aryl methyl sites for hydroxylation is 1. The van der Waals surface area contributed by atoms with E-state index in [1.54, 1.807) is 17.1 Å². The average molecular weight is 364 g/mol. The molecule has 0 bridgehead atoms. The van der Waals surface area contributed by atoms with Crippen molar-refractivity contribution in [3.05, 3.63) is 52.2 Å². The molecule has 0 spiro atoms. The molecular weight excluding hydrogens is 352 g/mol. The molecule has 6 heteroatoms. The molecule has 2 N–H and O–H groups in total. The lowest BCUT2D eigenvalue weighted by molar-refractivity contribution is 0.782. The Kier molecular flexibility index (Phi) is 3.69. The summed E-state index contributed by atoms with van der Waals surface area (Å²) in [4.78, 5) is 4.04. The number of halogens is 2. The van der Waals surface area contributed by atoms with Crippen LogP contribution in [0.4, 0.5) is 5.82 Å². The summed E-state index contributed by atoms with van der Waals surface area (Å²) in [5.74, 6) is 0.604. The quantitative estimate of drug-likeness (QED) is 0.744. The summed E-state index contributed by atoms with van der Waals surface area (Å²) in [5, 5.41) is 5.17. The van der Waals surface area contributed by atoms with Gasteiger partial charge in [0.15, 0.2) is 0 Å². The summed E-state index contributed by atoms with van der Waals surface area (Å²) in [5.41, 5.74) is 9.75. The Labute approximate surface area is 135 Å². The number of anilines is 1. The minimum atomic E-state index is 0.604. The number of hydrogen-bond acceptors (Lipinski definition) is 3. The van der Waals surface area contributed by atoms with E-state index in [2.05, 4.69) is 26.0 Å². The first-order valence-electron chi connectivity index (χ1n) is 6.25. The van der Waals surface area contributed by atoms with Crippen LogP contribution in [0.3, 0.4) is 0 Å². The zero-order chi connectivity index (χ0) is 15.0. The molecule has 2 aromatic heterocycles. The van der Waals surface area contributed by atoms with Crippen LogP contribution in [-0.4, -0.2) is 14.8 Å². The number of rotatable bonds is 2. The van der Waals surface area contributed by atoms with Crippen molar-refractivity contribution in [2.45, 2.75) is 0 Å². The molecule has 1 aromatic carbocycles.